The van der Waals surface area contributed by atoms with Crippen molar-refractivity contribution in [2.45, 2.75) is 12.3 Å². The minimum atomic E-state index is -0.0173. The number of aryl methyl sites for hydroxylation is 1. The van der Waals surface area contributed by atoms with Crippen LogP contribution >= 0.6 is 23.1 Å². The SMILES string of the molecule is Cc1cccc(-c2sc(N(C)C)nc2C(=O)N2CCSC2CN)c1. The molecule has 128 valence electrons. The number of benzene rings is 1. The second-order valence-electron chi connectivity index (χ2n) is 6.00. The van der Waals surface area contributed by atoms with Crippen molar-refractivity contribution in [3.05, 3.63) is 35.5 Å². The Morgan fingerprint density at radius 2 is 2.25 bits per heavy atom. The largest absolute Gasteiger partial charge is 0.354 e. The molecule has 1 unspecified atom stereocenters. The van der Waals surface area contributed by atoms with Crippen molar-refractivity contribution < 1.29 is 4.79 Å². The van der Waals surface area contributed by atoms with Crippen LogP contribution in [0.4, 0.5) is 5.13 Å². The van der Waals surface area contributed by atoms with Crippen LogP contribution in [0, 0.1) is 6.92 Å². The van der Waals surface area contributed by atoms with Gasteiger partial charge in [-0.05, 0) is 12.5 Å². The van der Waals surface area contributed by atoms with Crippen molar-refractivity contribution in [2.75, 3.05) is 37.8 Å². The lowest BCUT2D eigenvalue weighted by molar-refractivity contribution is 0.0760. The summed E-state index contributed by atoms with van der Waals surface area (Å²) in [6.07, 6.45) is 0. The van der Waals surface area contributed by atoms with Gasteiger partial charge in [-0.25, -0.2) is 4.98 Å². The summed E-state index contributed by atoms with van der Waals surface area (Å²) < 4.78 is 0. The first-order chi connectivity index (χ1) is 11.5. The smallest absolute Gasteiger partial charge is 0.275 e. The Hall–Kier alpha value is -1.57. The number of aromatic nitrogens is 1. The zero-order chi connectivity index (χ0) is 17.3. The summed E-state index contributed by atoms with van der Waals surface area (Å²) in [5.41, 5.74) is 8.57. The zero-order valence-electron chi connectivity index (χ0n) is 14.2. The summed E-state index contributed by atoms with van der Waals surface area (Å²) in [6.45, 7) is 3.26. The standard InChI is InChI=1S/C17H22N4OS2/c1-11-5-4-6-12(9-11)15-14(19-17(24-15)20(2)3)16(22)21-7-8-23-13(21)10-18/h4-6,9,13H,7-8,10,18H2,1-3H3. The van der Waals surface area contributed by atoms with Crippen LogP contribution in [0.25, 0.3) is 10.4 Å². The Bertz CT molecular complexity index is 744. The Morgan fingerprint density at radius 3 is 2.92 bits per heavy atom. The molecule has 1 amide bonds. The van der Waals surface area contributed by atoms with Gasteiger partial charge in [0, 0.05) is 32.9 Å². The summed E-state index contributed by atoms with van der Waals surface area (Å²) in [6, 6.07) is 8.21. The first kappa shape index (κ1) is 17.3. The molecule has 1 fully saturated rings. The second-order valence-corrected chi connectivity index (χ2v) is 8.26. The second kappa shape index (κ2) is 7.13. The Kier molecular flexibility index (Phi) is 5.12. The van der Waals surface area contributed by atoms with E-state index in [9.17, 15) is 4.79 Å². The van der Waals surface area contributed by atoms with Crippen LogP contribution in [0.15, 0.2) is 24.3 Å². The summed E-state index contributed by atoms with van der Waals surface area (Å²) in [7, 11) is 3.89. The number of hydrogen-bond donors (Lipinski definition) is 1. The molecule has 0 aliphatic carbocycles. The molecule has 0 saturated carbocycles. The van der Waals surface area contributed by atoms with Crippen molar-refractivity contribution >= 4 is 34.1 Å². The van der Waals surface area contributed by atoms with Crippen LogP contribution in [-0.4, -0.2) is 54.1 Å². The normalized spacial score (nSPS) is 17.3. The first-order valence-corrected chi connectivity index (χ1v) is 9.75. The zero-order valence-corrected chi connectivity index (χ0v) is 15.8. The van der Waals surface area contributed by atoms with Gasteiger partial charge in [-0.15, -0.1) is 11.8 Å². The number of carbonyl (C=O) groups excluding carboxylic acids is 1. The van der Waals surface area contributed by atoms with E-state index in [0.717, 1.165) is 27.9 Å². The number of carbonyl (C=O) groups is 1. The molecule has 0 radical (unpaired) electrons. The lowest BCUT2D eigenvalue weighted by Crippen LogP contribution is -2.39. The van der Waals surface area contributed by atoms with Crippen molar-refractivity contribution in [1.82, 2.24) is 9.88 Å². The summed E-state index contributed by atoms with van der Waals surface area (Å²) >= 11 is 3.29. The van der Waals surface area contributed by atoms with Gasteiger partial charge >= 0.3 is 0 Å². The van der Waals surface area contributed by atoms with Crippen LogP contribution < -0.4 is 10.6 Å². The third-order valence-corrected chi connectivity index (χ3v) is 6.46. The van der Waals surface area contributed by atoms with Gasteiger partial charge < -0.3 is 15.5 Å². The van der Waals surface area contributed by atoms with Crippen LogP contribution in [0.3, 0.4) is 0 Å². The van der Waals surface area contributed by atoms with Crippen LogP contribution in [0.1, 0.15) is 16.1 Å². The molecule has 7 heteroatoms. The van der Waals surface area contributed by atoms with Gasteiger partial charge in [0.25, 0.3) is 5.91 Å². The molecule has 5 nitrogen and oxygen atoms in total. The molecule has 1 aliphatic rings. The molecule has 0 bridgehead atoms. The van der Waals surface area contributed by atoms with Gasteiger partial charge in [-0.1, -0.05) is 41.2 Å². The van der Waals surface area contributed by atoms with E-state index >= 15 is 0 Å². The third kappa shape index (κ3) is 3.29. The summed E-state index contributed by atoms with van der Waals surface area (Å²) in [4.78, 5) is 22.5. The Labute approximate surface area is 150 Å². The Morgan fingerprint density at radius 1 is 1.46 bits per heavy atom. The first-order valence-electron chi connectivity index (χ1n) is 7.89. The van der Waals surface area contributed by atoms with Gasteiger partial charge in [0.05, 0.1) is 10.3 Å². The maximum absolute atomic E-state index is 13.1. The maximum atomic E-state index is 13.1. The van der Waals surface area contributed by atoms with E-state index in [1.807, 2.05) is 36.0 Å². The fourth-order valence-electron chi connectivity index (χ4n) is 2.71. The molecular weight excluding hydrogens is 340 g/mol. The van der Waals surface area contributed by atoms with E-state index in [2.05, 4.69) is 24.0 Å². The minimum Gasteiger partial charge on any atom is -0.354 e. The topological polar surface area (TPSA) is 62.5 Å². The molecular formula is C17H22N4OS2. The maximum Gasteiger partial charge on any atom is 0.275 e. The highest BCUT2D eigenvalue weighted by molar-refractivity contribution is 8.00. The average Bonchev–Trinajstić information content (AvgIpc) is 3.21. The number of amides is 1. The molecule has 0 spiro atoms. The molecule has 1 aliphatic heterocycles. The molecule has 2 heterocycles. The third-order valence-electron chi connectivity index (χ3n) is 3.93. The number of rotatable bonds is 4. The van der Waals surface area contributed by atoms with Gasteiger partial charge in [0.15, 0.2) is 5.13 Å². The number of thiazole rings is 1. The fourth-order valence-corrected chi connectivity index (χ4v) is 4.78. The van der Waals surface area contributed by atoms with Crippen LogP contribution in [0.2, 0.25) is 0 Å². The molecule has 1 aromatic heterocycles. The number of thioether (sulfide) groups is 1. The molecule has 1 aromatic carbocycles. The van der Waals surface area contributed by atoms with E-state index in [-0.39, 0.29) is 11.3 Å². The van der Waals surface area contributed by atoms with E-state index in [4.69, 9.17) is 5.73 Å². The number of nitrogens with two attached hydrogens (primary N) is 1. The van der Waals surface area contributed by atoms with E-state index in [1.165, 1.54) is 5.56 Å². The predicted molar refractivity (Wildman–Crippen MR) is 103 cm³/mol. The van der Waals surface area contributed by atoms with Gasteiger partial charge in [0.1, 0.15) is 5.69 Å². The van der Waals surface area contributed by atoms with Gasteiger partial charge in [0.2, 0.25) is 0 Å². The van der Waals surface area contributed by atoms with Gasteiger partial charge in [-0.2, -0.15) is 0 Å². The summed E-state index contributed by atoms with van der Waals surface area (Å²) in [5, 5.41) is 0.887. The fraction of sp³-hybridized carbons (Fsp3) is 0.412. The number of anilines is 1. The lowest BCUT2D eigenvalue weighted by Gasteiger charge is -2.22. The van der Waals surface area contributed by atoms with Crippen molar-refractivity contribution in [2.24, 2.45) is 5.73 Å². The molecule has 3 rings (SSSR count). The Balaban J connectivity index is 2.04. The highest BCUT2D eigenvalue weighted by Gasteiger charge is 2.32. The number of nitrogens with zero attached hydrogens (tertiary/aromatic N) is 3. The monoisotopic (exact) mass is 362 g/mol. The molecule has 1 atom stereocenters. The van der Waals surface area contributed by atoms with E-state index < -0.39 is 0 Å². The average molecular weight is 363 g/mol. The molecule has 2 aromatic rings. The van der Waals surface area contributed by atoms with Crippen LogP contribution in [-0.2, 0) is 0 Å². The highest BCUT2D eigenvalue weighted by Crippen LogP contribution is 2.36. The van der Waals surface area contributed by atoms with Crippen LogP contribution in [0.5, 0.6) is 0 Å². The van der Waals surface area contributed by atoms with Crippen molar-refractivity contribution in [3.63, 3.8) is 0 Å². The quantitative estimate of drug-likeness (QED) is 0.906. The molecule has 2 N–H and O–H groups in total. The van der Waals surface area contributed by atoms with E-state index in [1.54, 1.807) is 23.1 Å². The summed E-state index contributed by atoms with van der Waals surface area (Å²) in [5.74, 6) is 0.911. The molecule has 24 heavy (non-hydrogen) atoms. The number of hydrogen-bond acceptors (Lipinski definition) is 6. The minimum absolute atomic E-state index is 0.0173. The van der Waals surface area contributed by atoms with Crippen molar-refractivity contribution in [3.8, 4) is 10.4 Å². The van der Waals surface area contributed by atoms with Gasteiger partial charge in [-0.3, -0.25) is 4.79 Å². The van der Waals surface area contributed by atoms with E-state index in [0.29, 0.717) is 12.2 Å². The van der Waals surface area contributed by atoms with Crippen molar-refractivity contribution in [1.29, 1.82) is 0 Å². The highest BCUT2D eigenvalue weighted by atomic mass is 32.2. The molecule has 1 saturated heterocycles. The predicted octanol–water partition coefficient (Wildman–Crippen LogP) is 2.66. The lowest BCUT2D eigenvalue weighted by atomic mass is 10.1.